The van der Waals surface area contributed by atoms with Gasteiger partial charge in [-0.25, -0.2) is 8.42 Å². The largest absolute Gasteiger partial charge is 0.493 e. The van der Waals surface area contributed by atoms with E-state index in [9.17, 15) is 18.0 Å². The van der Waals surface area contributed by atoms with E-state index in [1.54, 1.807) is 42.5 Å². The van der Waals surface area contributed by atoms with Crippen molar-refractivity contribution in [3.63, 3.8) is 0 Å². The maximum absolute atomic E-state index is 14.8. The number of sulfonamides is 1. The maximum atomic E-state index is 14.8. The van der Waals surface area contributed by atoms with E-state index in [-0.39, 0.29) is 41.2 Å². The summed E-state index contributed by atoms with van der Waals surface area (Å²) in [6.45, 7) is 1.13. The number of methoxy groups -OCH3 is 2. The van der Waals surface area contributed by atoms with Crippen LogP contribution in [0.4, 0.5) is 5.69 Å². The van der Waals surface area contributed by atoms with Gasteiger partial charge in [0.25, 0.3) is 10.0 Å². The van der Waals surface area contributed by atoms with Crippen LogP contribution in [0.15, 0.2) is 95.9 Å². The van der Waals surface area contributed by atoms with E-state index in [2.05, 4.69) is 5.32 Å². The molecule has 264 valence electrons. The first-order valence-corrected chi connectivity index (χ1v) is 18.6. The lowest BCUT2D eigenvalue weighted by atomic mass is 10.0. The molecule has 50 heavy (non-hydrogen) atoms. The Kier molecular flexibility index (Phi) is 12.3. The molecule has 0 bridgehead atoms. The van der Waals surface area contributed by atoms with Gasteiger partial charge in [0.2, 0.25) is 11.8 Å². The zero-order valence-electron chi connectivity index (χ0n) is 28.3. The predicted molar refractivity (Wildman–Crippen MR) is 197 cm³/mol. The number of hydrogen-bond acceptors (Lipinski definition) is 6. The molecule has 12 heteroatoms. The molecule has 2 amide bonds. The summed E-state index contributed by atoms with van der Waals surface area (Å²) in [4.78, 5) is 30.3. The van der Waals surface area contributed by atoms with Gasteiger partial charge in [-0.3, -0.25) is 13.9 Å². The molecule has 1 atom stereocenters. The van der Waals surface area contributed by atoms with Crippen LogP contribution >= 0.6 is 23.2 Å². The van der Waals surface area contributed by atoms with Crippen molar-refractivity contribution in [2.75, 3.05) is 25.1 Å². The Balaban J connectivity index is 1.61. The average Bonchev–Trinajstić information content (AvgIpc) is 3.63. The highest BCUT2D eigenvalue weighted by Crippen LogP contribution is 2.33. The second kappa shape index (κ2) is 16.6. The van der Waals surface area contributed by atoms with Gasteiger partial charge in [0.1, 0.15) is 12.6 Å². The van der Waals surface area contributed by atoms with Crippen molar-refractivity contribution in [1.29, 1.82) is 0 Å². The molecule has 4 aromatic rings. The number of nitrogens with zero attached hydrogens (tertiary/aromatic N) is 2. The predicted octanol–water partition coefficient (Wildman–Crippen LogP) is 7.21. The first-order valence-electron chi connectivity index (χ1n) is 16.4. The van der Waals surface area contributed by atoms with Crippen LogP contribution in [-0.4, -0.2) is 58.0 Å². The van der Waals surface area contributed by atoms with Crippen molar-refractivity contribution in [3.8, 4) is 11.5 Å². The van der Waals surface area contributed by atoms with E-state index in [4.69, 9.17) is 32.7 Å². The Bertz CT molecular complexity index is 1880. The van der Waals surface area contributed by atoms with Crippen molar-refractivity contribution in [3.05, 3.63) is 118 Å². The Morgan fingerprint density at radius 2 is 1.50 bits per heavy atom. The molecule has 1 aliphatic rings. The third-order valence-corrected chi connectivity index (χ3v) is 11.4. The Morgan fingerprint density at radius 1 is 0.860 bits per heavy atom. The SMILES string of the molecule is COc1ccc(S(=O)(=O)N(CC(=O)N(Cc2c(Cl)cccc2Cl)[C@H](Cc2ccccc2)C(=O)NC2CCCC2)c2ccc(C)cc2)cc1OC. The number of amides is 2. The number of carbonyl (C=O) groups is 2. The van der Waals surface area contributed by atoms with Crippen LogP contribution < -0.4 is 19.1 Å². The standard InChI is InChI=1S/C38H41Cl2N3O6S/c1-26-16-18-29(19-17-26)43(50(46,47)30-20-21-35(48-2)36(23-30)49-3)25-37(44)42(24-31-32(39)14-9-15-33(31)40)34(22-27-10-5-4-6-11-27)38(45)41-28-12-7-8-13-28/h4-6,9-11,14-21,23,28,34H,7-8,12-13,22,24-25H2,1-3H3,(H,41,45)/t34-/m1/s1. The fourth-order valence-electron chi connectivity index (χ4n) is 6.12. The second-order valence-corrected chi connectivity index (χ2v) is 15.0. The fourth-order valence-corrected chi connectivity index (χ4v) is 8.07. The van der Waals surface area contributed by atoms with Crippen molar-refractivity contribution < 1.29 is 27.5 Å². The molecule has 0 aliphatic heterocycles. The van der Waals surface area contributed by atoms with Crippen LogP contribution in [0.25, 0.3) is 0 Å². The van der Waals surface area contributed by atoms with Crippen LogP contribution in [-0.2, 0) is 32.6 Å². The minimum atomic E-state index is -4.37. The molecule has 1 fully saturated rings. The third kappa shape index (κ3) is 8.72. The molecular formula is C38H41Cl2N3O6S. The van der Waals surface area contributed by atoms with E-state index in [0.717, 1.165) is 41.1 Å². The van der Waals surface area contributed by atoms with Crippen molar-refractivity contribution >= 4 is 50.7 Å². The molecule has 0 saturated heterocycles. The fraction of sp³-hybridized carbons (Fsp3) is 0.316. The van der Waals surface area contributed by atoms with Gasteiger partial charge in [-0.2, -0.15) is 0 Å². The Hall–Kier alpha value is -4.25. The molecule has 5 rings (SSSR count). The highest BCUT2D eigenvalue weighted by molar-refractivity contribution is 7.92. The summed E-state index contributed by atoms with van der Waals surface area (Å²) in [6, 6.07) is 24.5. The minimum Gasteiger partial charge on any atom is -0.493 e. The molecule has 1 N–H and O–H groups in total. The van der Waals surface area contributed by atoms with Crippen LogP contribution in [0.2, 0.25) is 10.0 Å². The summed E-state index contributed by atoms with van der Waals surface area (Å²) in [5, 5.41) is 3.80. The first-order chi connectivity index (χ1) is 24.0. The average molecular weight is 739 g/mol. The summed E-state index contributed by atoms with van der Waals surface area (Å²) in [7, 11) is -1.50. The van der Waals surface area contributed by atoms with Gasteiger partial charge in [0.15, 0.2) is 11.5 Å². The highest BCUT2D eigenvalue weighted by atomic mass is 35.5. The molecule has 1 aliphatic carbocycles. The van der Waals surface area contributed by atoms with Crippen molar-refractivity contribution in [2.45, 2.75) is 62.6 Å². The van der Waals surface area contributed by atoms with Gasteiger partial charge in [-0.05, 0) is 61.7 Å². The molecule has 0 spiro atoms. The molecule has 0 radical (unpaired) electrons. The van der Waals surface area contributed by atoms with Gasteiger partial charge in [-0.1, -0.05) is 90.1 Å². The summed E-state index contributed by atoms with van der Waals surface area (Å²) in [5.74, 6) is -0.385. The number of rotatable bonds is 14. The van der Waals surface area contributed by atoms with Gasteiger partial charge >= 0.3 is 0 Å². The van der Waals surface area contributed by atoms with Gasteiger partial charge in [0, 0.05) is 40.7 Å². The number of hydrogen-bond donors (Lipinski definition) is 1. The lowest BCUT2D eigenvalue weighted by Gasteiger charge is -2.34. The van der Waals surface area contributed by atoms with Gasteiger partial charge in [-0.15, -0.1) is 0 Å². The highest BCUT2D eigenvalue weighted by Gasteiger charge is 2.36. The lowest BCUT2D eigenvalue weighted by Crippen LogP contribution is -2.54. The molecular weight excluding hydrogens is 697 g/mol. The zero-order chi connectivity index (χ0) is 35.8. The van der Waals surface area contributed by atoms with E-state index >= 15 is 0 Å². The lowest BCUT2D eigenvalue weighted by molar-refractivity contribution is -0.140. The summed E-state index contributed by atoms with van der Waals surface area (Å²) < 4.78 is 40.7. The maximum Gasteiger partial charge on any atom is 0.264 e. The molecule has 0 aromatic heterocycles. The van der Waals surface area contributed by atoms with E-state index in [1.165, 1.54) is 37.3 Å². The summed E-state index contributed by atoms with van der Waals surface area (Å²) in [5.41, 5.74) is 2.45. The number of benzene rings is 4. The van der Waals surface area contributed by atoms with Crippen LogP contribution in [0.1, 0.15) is 42.4 Å². The van der Waals surface area contributed by atoms with Crippen LogP contribution in [0, 0.1) is 6.92 Å². The van der Waals surface area contributed by atoms with Crippen LogP contribution in [0.5, 0.6) is 11.5 Å². The monoisotopic (exact) mass is 737 g/mol. The Labute approximate surface area is 304 Å². The van der Waals surface area contributed by atoms with Crippen LogP contribution in [0.3, 0.4) is 0 Å². The molecule has 9 nitrogen and oxygen atoms in total. The quantitative estimate of drug-likeness (QED) is 0.147. The number of ether oxygens (including phenoxy) is 2. The first kappa shape index (κ1) is 37.0. The third-order valence-electron chi connectivity index (χ3n) is 8.91. The number of carbonyl (C=O) groups excluding carboxylic acids is 2. The van der Waals surface area contributed by atoms with Crippen molar-refractivity contribution in [2.24, 2.45) is 0 Å². The molecule has 1 saturated carbocycles. The zero-order valence-corrected chi connectivity index (χ0v) is 30.6. The molecule has 0 unspecified atom stereocenters. The second-order valence-electron chi connectivity index (χ2n) is 12.3. The number of aryl methyl sites for hydroxylation is 1. The molecule has 0 heterocycles. The van der Waals surface area contributed by atoms with E-state index in [0.29, 0.717) is 21.4 Å². The van der Waals surface area contributed by atoms with Gasteiger partial charge in [0.05, 0.1) is 24.8 Å². The van der Waals surface area contributed by atoms with Gasteiger partial charge < -0.3 is 19.7 Å². The minimum absolute atomic E-state index is 0.0175. The topological polar surface area (TPSA) is 105 Å². The number of nitrogens with one attached hydrogen (secondary N) is 1. The smallest absolute Gasteiger partial charge is 0.264 e. The van der Waals surface area contributed by atoms with Crippen molar-refractivity contribution in [1.82, 2.24) is 10.2 Å². The summed E-state index contributed by atoms with van der Waals surface area (Å²) >= 11 is 13.3. The number of anilines is 1. The number of halogens is 2. The summed E-state index contributed by atoms with van der Waals surface area (Å²) in [6.07, 6.45) is 3.88. The molecule has 4 aromatic carbocycles. The Morgan fingerprint density at radius 3 is 2.12 bits per heavy atom. The van der Waals surface area contributed by atoms with E-state index < -0.39 is 28.5 Å². The normalized spacial score (nSPS) is 13.8. The van der Waals surface area contributed by atoms with E-state index in [1.807, 2.05) is 37.3 Å².